The van der Waals surface area contributed by atoms with E-state index in [1.165, 1.54) is 11.8 Å². The number of halogens is 1. The van der Waals surface area contributed by atoms with Gasteiger partial charge in [-0.1, -0.05) is 23.7 Å². The predicted molar refractivity (Wildman–Crippen MR) is 92.6 cm³/mol. The second-order valence-corrected chi connectivity index (χ2v) is 8.65. The van der Waals surface area contributed by atoms with Crippen LogP contribution < -0.4 is 5.32 Å². The molecule has 0 spiro atoms. The van der Waals surface area contributed by atoms with Crippen LogP contribution in [0.2, 0.25) is 5.02 Å². The minimum Gasteiger partial charge on any atom is -0.351 e. The van der Waals surface area contributed by atoms with Crippen molar-refractivity contribution in [3.63, 3.8) is 0 Å². The van der Waals surface area contributed by atoms with Crippen molar-refractivity contribution >= 4 is 33.3 Å². The zero-order valence-corrected chi connectivity index (χ0v) is 15.1. The summed E-state index contributed by atoms with van der Waals surface area (Å²) in [5, 5.41) is 3.32. The molecule has 6 nitrogen and oxygen atoms in total. The summed E-state index contributed by atoms with van der Waals surface area (Å²) in [6.07, 6.45) is 1.02. The highest BCUT2D eigenvalue weighted by Crippen LogP contribution is 2.12. The van der Waals surface area contributed by atoms with Crippen LogP contribution >= 0.6 is 11.6 Å². The number of benzene rings is 1. The monoisotopic (exact) mass is 372 g/mol. The van der Waals surface area contributed by atoms with Crippen LogP contribution in [-0.2, 0) is 25.8 Å². The molecule has 1 aromatic rings. The number of hydrogen-bond donors (Lipinski definition) is 1. The third-order valence-corrected chi connectivity index (χ3v) is 5.94. The minimum absolute atomic E-state index is 0.0265. The number of carbonyl (C=O) groups excluding carboxylic acids is 2. The van der Waals surface area contributed by atoms with E-state index in [4.69, 9.17) is 11.6 Å². The molecule has 1 fully saturated rings. The molecule has 1 aromatic carbocycles. The largest absolute Gasteiger partial charge is 0.351 e. The zero-order valence-electron chi connectivity index (χ0n) is 13.5. The summed E-state index contributed by atoms with van der Waals surface area (Å²) in [4.78, 5) is 25.2. The smallest absolute Gasteiger partial charge is 0.239 e. The van der Waals surface area contributed by atoms with Crippen LogP contribution in [0.25, 0.3) is 0 Å². The summed E-state index contributed by atoms with van der Waals surface area (Å²) in [6, 6.07) is 6.99. The molecule has 0 aliphatic carbocycles. The van der Waals surface area contributed by atoms with Crippen molar-refractivity contribution in [3.05, 3.63) is 34.9 Å². The first-order valence-electron chi connectivity index (χ1n) is 7.75. The molecule has 1 aliphatic heterocycles. The molecule has 0 radical (unpaired) electrons. The van der Waals surface area contributed by atoms with Gasteiger partial charge in [0, 0.05) is 24.5 Å². The first-order valence-corrected chi connectivity index (χ1v) is 9.95. The molecule has 2 amide bonds. The molecule has 1 heterocycles. The first kappa shape index (κ1) is 18.7. The van der Waals surface area contributed by atoms with E-state index in [9.17, 15) is 18.0 Å². The minimum atomic E-state index is -3.04. The number of rotatable bonds is 6. The maximum atomic E-state index is 12.1. The van der Waals surface area contributed by atoms with Crippen LogP contribution in [0.1, 0.15) is 18.9 Å². The van der Waals surface area contributed by atoms with Gasteiger partial charge in [0.15, 0.2) is 9.84 Å². The van der Waals surface area contributed by atoms with E-state index in [1.807, 2.05) is 18.2 Å². The fraction of sp³-hybridized carbons (Fsp3) is 0.500. The topological polar surface area (TPSA) is 83.6 Å². The van der Waals surface area contributed by atoms with Gasteiger partial charge in [0.25, 0.3) is 0 Å². The molecule has 8 heteroatoms. The van der Waals surface area contributed by atoms with Crippen LogP contribution in [0.15, 0.2) is 24.3 Å². The van der Waals surface area contributed by atoms with Crippen molar-refractivity contribution in [1.29, 1.82) is 0 Å². The predicted octanol–water partition coefficient (Wildman–Crippen LogP) is 1.03. The van der Waals surface area contributed by atoms with Crippen LogP contribution in [0, 0.1) is 0 Å². The van der Waals surface area contributed by atoms with E-state index >= 15 is 0 Å². The van der Waals surface area contributed by atoms with Crippen LogP contribution in [0.5, 0.6) is 0 Å². The number of nitrogens with zero attached hydrogens (tertiary/aromatic N) is 1. The maximum absolute atomic E-state index is 12.1. The Morgan fingerprint density at radius 1 is 1.38 bits per heavy atom. The first-order chi connectivity index (χ1) is 11.2. The van der Waals surface area contributed by atoms with Crippen molar-refractivity contribution in [2.75, 3.05) is 24.6 Å². The number of amides is 2. The van der Waals surface area contributed by atoms with E-state index in [0.29, 0.717) is 24.4 Å². The second kappa shape index (κ2) is 7.98. The Kier molecular flexibility index (Phi) is 6.23. The van der Waals surface area contributed by atoms with Gasteiger partial charge in [-0.15, -0.1) is 0 Å². The average molecular weight is 373 g/mol. The maximum Gasteiger partial charge on any atom is 0.239 e. The summed E-state index contributed by atoms with van der Waals surface area (Å²) in [5.41, 5.74) is 0.982. The quantitative estimate of drug-likeness (QED) is 0.808. The fourth-order valence-electron chi connectivity index (χ4n) is 2.66. The molecule has 0 aromatic heterocycles. The highest BCUT2D eigenvalue weighted by atomic mass is 35.5. The lowest BCUT2D eigenvalue weighted by atomic mass is 10.1. The average Bonchev–Trinajstić information content (AvgIpc) is 2.82. The van der Waals surface area contributed by atoms with Gasteiger partial charge in [-0.2, -0.15) is 0 Å². The van der Waals surface area contributed by atoms with Crippen LogP contribution in [-0.4, -0.2) is 55.8 Å². The van der Waals surface area contributed by atoms with Crippen LogP contribution in [0.3, 0.4) is 0 Å². The molecule has 24 heavy (non-hydrogen) atoms. The summed E-state index contributed by atoms with van der Waals surface area (Å²) >= 11 is 5.93. The lowest BCUT2D eigenvalue weighted by Gasteiger charge is -2.21. The van der Waals surface area contributed by atoms with Gasteiger partial charge in [0.05, 0.1) is 18.1 Å². The Balaban J connectivity index is 1.86. The molecule has 0 saturated carbocycles. The van der Waals surface area contributed by atoms with E-state index < -0.39 is 9.84 Å². The molecule has 1 saturated heterocycles. The number of carbonyl (C=O) groups is 2. The number of nitrogens with one attached hydrogen (secondary N) is 1. The number of sulfone groups is 1. The molecular weight excluding hydrogens is 352 g/mol. The standard InChI is InChI=1S/C16H21ClN2O4S/c1-12(20)19(7-5-13-3-2-4-14(17)9-13)10-16(21)18-15-6-8-24(22,23)11-15/h2-4,9,15H,5-8,10-11H2,1H3,(H,18,21). The SMILES string of the molecule is CC(=O)N(CCc1cccc(Cl)c1)CC(=O)NC1CCS(=O)(=O)C1. The highest BCUT2D eigenvalue weighted by molar-refractivity contribution is 7.91. The van der Waals surface area contributed by atoms with E-state index in [2.05, 4.69) is 5.32 Å². The van der Waals surface area contributed by atoms with Gasteiger partial charge in [0.2, 0.25) is 11.8 Å². The highest BCUT2D eigenvalue weighted by Gasteiger charge is 2.29. The van der Waals surface area contributed by atoms with E-state index in [1.54, 1.807) is 6.07 Å². The summed E-state index contributed by atoms with van der Waals surface area (Å²) < 4.78 is 22.8. The van der Waals surface area contributed by atoms with Gasteiger partial charge in [-0.25, -0.2) is 8.42 Å². The molecule has 0 bridgehead atoms. The Hall–Kier alpha value is -1.60. The van der Waals surface area contributed by atoms with Gasteiger partial charge < -0.3 is 10.2 Å². The Bertz CT molecular complexity index is 721. The van der Waals surface area contributed by atoms with E-state index in [-0.39, 0.29) is 35.9 Å². The summed E-state index contributed by atoms with van der Waals surface area (Å²) in [7, 11) is -3.04. The Morgan fingerprint density at radius 3 is 2.71 bits per heavy atom. The normalized spacial score (nSPS) is 19.0. The van der Waals surface area contributed by atoms with Crippen molar-refractivity contribution in [2.24, 2.45) is 0 Å². The van der Waals surface area contributed by atoms with Gasteiger partial charge >= 0.3 is 0 Å². The third-order valence-electron chi connectivity index (χ3n) is 3.94. The molecule has 2 rings (SSSR count). The van der Waals surface area contributed by atoms with E-state index in [0.717, 1.165) is 5.56 Å². The van der Waals surface area contributed by atoms with Gasteiger partial charge in [-0.3, -0.25) is 9.59 Å². The Morgan fingerprint density at radius 2 is 2.12 bits per heavy atom. The lowest BCUT2D eigenvalue weighted by Crippen LogP contribution is -2.44. The van der Waals surface area contributed by atoms with Gasteiger partial charge in [-0.05, 0) is 30.5 Å². The molecular formula is C16H21ClN2O4S. The van der Waals surface area contributed by atoms with Crippen molar-refractivity contribution < 1.29 is 18.0 Å². The molecule has 1 atom stereocenters. The van der Waals surface area contributed by atoms with Crippen molar-refractivity contribution in [2.45, 2.75) is 25.8 Å². The van der Waals surface area contributed by atoms with Crippen molar-refractivity contribution in [1.82, 2.24) is 10.2 Å². The molecule has 1 unspecified atom stereocenters. The third kappa shape index (κ3) is 5.79. The van der Waals surface area contributed by atoms with Crippen LogP contribution in [0.4, 0.5) is 0 Å². The van der Waals surface area contributed by atoms with Crippen molar-refractivity contribution in [3.8, 4) is 0 Å². The van der Waals surface area contributed by atoms with Gasteiger partial charge in [0.1, 0.15) is 0 Å². The fourth-order valence-corrected chi connectivity index (χ4v) is 4.55. The second-order valence-electron chi connectivity index (χ2n) is 5.99. The summed E-state index contributed by atoms with van der Waals surface area (Å²) in [6.45, 7) is 1.73. The lowest BCUT2D eigenvalue weighted by molar-refractivity contribution is -0.134. The number of hydrogen-bond acceptors (Lipinski definition) is 4. The zero-order chi connectivity index (χ0) is 17.7. The molecule has 132 valence electrons. The molecule has 1 aliphatic rings. The Labute approximate surface area is 147 Å². The summed E-state index contributed by atoms with van der Waals surface area (Å²) in [5.74, 6) is -0.464. The molecule has 1 N–H and O–H groups in total.